The number of primary amides is 1. The third-order valence-corrected chi connectivity index (χ3v) is 8.00. The van der Waals surface area contributed by atoms with Crippen LogP contribution in [0.2, 0.25) is 0 Å². The highest BCUT2D eigenvalue weighted by Crippen LogP contribution is 2.56. The van der Waals surface area contributed by atoms with Crippen LogP contribution in [-0.2, 0) is 14.4 Å². The molecule has 6 atom stereocenters. The van der Waals surface area contributed by atoms with Crippen LogP contribution < -0.4 is 5.73 Å². The lowest BCUT2D eigenvalue weighted by atomic mass is 9.54. The summed E-state index contributed by atoms with van der Waals surface area (Å²) < 4.78 is 0.668. The molecule has 1 aromatic rings. The van der Waals surface area contributed by atoms with Crippen molar-refractivity contribution in [2.75, 3.05) is 14.1 Å². The average molecular weight is 570 g/mol. The minimum atomic E-state index is -2.90. The highest BCUT2D eigenvalue weighted by atomic mass is 127. The van der Waals surface area contributed by atoms with E-state index in [0.717, 1.165) is 0 Å². The molecule has 33 heavy (non-hydrogen) atoms. The number of aromatic hydroxyl groups is 1. The minimum absolute atomic E-state index is 0.0158. The van der Waals surface area contributed by atoms with Gasteiger partial charge in [0, 0.05) is 15.1 Å². The van der Waals surface area contributed by atoms with Crippen LogP contribution in [0.1, 0.15) is 24.0 Å². The lowest BCUT2D eigenvalue weighted by molar-refractivity contribution is -0.169. The fourth-order valence-electron chi connectivity index (χ4n) is 5.64. The van der Waals surface area contributed by atoms with E-state index >= 15 is 0 Å². The minimum Gasteiger partial charge on any atom is -0.508 e. The Bertz CT molecular complexity index is 1190. The third kappa shape index (κ3) is 2.85. The van der Waals surface area contributed by atoms with E-state index in [0.29, 0.717) is 9.13 Å². The van der Waals surface area contributed by atoms with Gasteiger partial charge in [-0.3, -0.25) is 19.3 Å². The molecule has 3 aliphatic rings. The van der Waals surface area contributed by atoms with Crippen molar-refractivity contribution < 1.29 is 39.9 Å². The van der Waals surface area contributed by atoms with Crippen molar-refractivity contribution in [3.05, 3.63) is 43.7 Å². The molecule has 11 heteroatoms. The molecular formula is C22H23IN2O8. The summed E-state index contributed by atoms with van der Waals surface area (Å²) in [5.74, 6) is -8.89. The molecule has 0 aliphatic heterocycles. The van der Waals surface area contributed by atoms with Crippen LogP contribution in [0.4, 0.5) is 0 Å². The molecule has 176 valence electrons. The summed E-state index contributed by atoms with van der Waals surface area (Å²) in [6, 6.07) is 1.60. The molecule has 7 N–H and O–H groups in total. The number of aliphatic hydroxyl groups excluding tert-OH is 3. The smallest absolute Gasteiger partial charge is 0.255 e. The van der Waals surface area contributed by atoms with E-state index < -0.39 is 75.6 Å². The first kappa shape index (κ1) is 23.7. The highest BCUT2D eigenvalue weighted by molar-refractivity contribution is 14.1. The maximum atomic E-state index is 13.7. The molecule has 0 radical (unpaired) electrons. The Morgan fingerprint density at radius 3 is 2.33 bits per heavy atom. The van der Waals surface area contributed by atoms with Crippen molar-refractivity contribution in [1.29, 1.82) is 0 Å². The molecule has 0 heterocycles. The fraction of sp³-hybridized carbons (Fsp3) is 0.409. The number of halogens is 1. The summed E-state index contributed by atoms with van der Waals surface area (Å²) in [6.45, 7) is 1.69. The zero-order chi connectivity index (χ0) is 24.7. The number of benzene rings is 1. The Kier molecular flexibility index (Phi) is 5.39. The lowest BCUT2D eigenvalue weighted by Crippen LogP contribution is -2.70. The van der Waals surface area contributed by atoms with Gasteiger partial charge in [0.2, 0.25) is 5.78 Å². The van der Waals surface area contributed by atoms with Crippen molar-refractivity contribution in [2.45, 2.75) is 30.6 Å². The highest BCUT2D eigenvalue weighted by Gasteiger charge is 2.68. The first-order chi connectivity index (χ1) is 15.3. The molecular weight excluding hydrogens is 547 g/mol. The molecule has 4 rings (SSSR count). The van der Waals surface area contributed by atoms with E-state index in [1.165, 1.54) is 25.1 Å². The number of amides is 1. The van der Waals surface area contributed by atoms with Crippen molar-refractivity contribution >= 4 is 45.8 Å². The number of fused-ring (bicyclic) bond motifs is 3. The third-order valence-electron chi connectivity index (χ3n) is 7.05. The molecule has 3 aliphatic carbocycles. The van der Waals surface area contributed by atoms with E-state index in [1.54, 1.807) is 13.0 Å². The summed E-state index contributed by atoms with van der Waals surface area (Å²) in [5.41, 5.74) is 1.52. The number of phenolic OH excluding ortho intramolecular Hbond substituents is 1. The van der Waals surface area contributed by atoms with E-state index in [-0.39, 0.29) is 11.3 Å². The number of hydrogen-bond donors (Lipinski definition) is 6. The van der Waals surface area contributed by atoms with Gasteiger partial charge in [0.25, 0.3) is 5.91 Å². The summed E-state index contributed by atoms with van der Waals surface area (Å²) in [7, 11) is 2.93. The molecule has 0 bridgehead atoms. The Labute approximate surface area is 202 Å². The van der Waals surface area contributed by atoms with Crippen LogP contribution in [0, 0.1) is 15.4 Å². The second-order valence-corrected chi connectivity index (χ2v) is 10.1. The first-order valence-corrected chi connectivity index (χ1v) is 11.2. The van der Waals surface area contributed by atoms with Gasteiger partial charge in [0.05, 0.1) is 23.6 Å². The van der Waals surface area contributed by atoms with E-state index in [2.05, 4.69) is 0 Å². The lowest BCUT2D eigenvalue weighted by Gasteiger charge is -2.53. The molecule has 1 aromatic carbocycles. The van der Waals surface area contributed by atoms with E-state index in [1.807, 2.05) is 22.6 Å². The molecule has 1 amide bonds. The number of hydrogen-bond acceptors (Lipinski definition) is 9. The molecule has 1 fully saturated rings. The number of nitrogens with zero attached hydrogens (tertiary/aromatic N) is 1. The normalized spacial score (nSPS) is 33.7. The Morgan fingerprint density at radius 2 is 1.79 bits per heavy atom. The van der Waals surface area contributed by atoms with Crippen molar-refractivity contribution in [2.24, 2.45) is 17.6 Å². The largest absolute Gasteiger partial charge is 0.508 e. The van der Waals surface area contributed by atoms with Crippen LogP contribution >= 0.6 is 22.6 Å². The second-order valence-electron chi connectivity index (χ2n) is 8.90. The van der Waals surface area contributed by atoms with Gasteiger partial charge in [-0.1, -0.05) is 6.92 Å². The number of ketones is 2. The fourth-order valence-corrected chi connectivity index (χ4v) is 6.58. The maximum absolute atomic E-state index is 13.7. The molecule has 0 saturated heterocycles. The van der Waals surface area contributed by atoms with Gasteiger partial charge < -0.3 is 31.3 Å². The van der Waals surface area contributed by atoms with Gasteiger partial charge in [-0.2, -0.15) is 0 Å². The van der Waals surface area contributed by atoms with Crippen molar-refractivity contribution in [3.63, 3.8) is 0 Å². The van der Waals surface area contributed by atoms with E-state index in [4.69, 9.17) is 5.73 Å². The molecule has 6 unspecified atom stereocenters. The summed E-state index contributed by atoms with van der Waals surface area (Å²) >= 11 is 2.01. The van der Waals surface area contributed by atoms with Crippen molar-refractivity contribution in [1.82, 2.24) is 4.90 Å². The number of rotatable bonds is 2. The number of phenols is 1. The Hall–Kier alpha value is -2.48. The van der Waals surface area contributed by atoms with Crippen LogP contribution in [0.3, 0.4) is 0 Å². The quantitative estimate of drug-likeness (QED) is 0.212. The number of aliphatic hydroxyl groups is 4. The average Bonchev–Trinajstić information content (AvgIpc) is 2.72. The van der Waals surface area contributed by atoms with Gasteiger partial charge in [-0.25, -0.2) is 0 Å². The maximum Gasteiger partial charge on any atom is 0.255 e. The first-order valence-electron chi connectivity index (χ1n) is 10.1. The number of carbonyl (C=O) groups is 3. The number of likely N-dealkylation sites (N-methyl/N-ethyl adjacent to an activating group) is 1. The summed E-state index contributed by atoms with van der Waals surface area (Å²) in [4.78, 5) is 40.1. The van der Waals surface area contributed by atoms with Crippen molar-refractivity contribution in [3.8, 4) is 5.75 Å². The SMILES string of the molecule is CC1c2c(I)ccc(O)c2C(O)=C2C(=O)C3(O)C(O)=C(C(N)=O)C(=O)C(N(C)C)C3C(O)C21. The van der Waals surface area contributed by atoms with Crippen LogP contribution in [0.5, 0.6) is 5.75 Å². The monoisotopic (exact) mass is 570 g/mol. The standard InChI is InChI=1S/C22H23IN2O8/c1-6-9-7(23)4-5-8(26)11(9)16(27)12-10(6)17(28)14-15(25(2)3)18(29)13(21(24)32)20(31)22(14,33)19(12)30/h4-6,10,14-15,17,26-28,31,33H,1-3H3,(H2,24,32). The molecule has 10 nitrogen and oxygen atoms in total. The summed E-state index contributed by atoms with van der Waals surface area (Å²) in [5, 5.41) is 55.3. The van der Waals surface area contributed by atoms with Crippen LogP contribution in [0.25, 0.3) is 5.76 Å². The Morgan fingerprint density at radius 1 is 1.18 bits per heavy atom. The van der Waals surface area contributed by atoms with Crippen LogP contribution in [-0.4, -0.2) is 79.7 Å². The Balaban J connectivity index is 2.08. The zero-order valence-corrected chi connectivity index (χ0v) is 20.1. The van der Waals surface area contributed by atoms with Gasteiger partial charge in [-0.05, 0) is 60.3 Å². The van der Waals surface area contributed by atoms with Gasteiger partial charge in [-0.15, -0.1) is 0 Å². The van der Waals surface area contributed by atoms with E-state index in [9.17, 15) is 39.9 Å². The number of carbonyl (C=O) groups excluding carboxylic acids is 3. The number of Topliss-reactive ketones (excluding diaryl/α,β-unsaturated/α-hetero) is 2. The van der Waals surface area contributed by atoms with Gasteiger partial charge >= 0.3 is 0 Å². The molecule has 1 saturated carbocycles. The van der Waals surface area contributed by atoms with Gasteiger partial charge in [0.1, 0.15) is 22.8 Å². The predicted octanol–water partition coefficient (Wildman–Crippen LogP) is 0.100. The van der Waals surface area contributed by atoms with Crippen LogP contribution in [0.15, 0.2) is 29.0 Å². The topological polar surface area (TPSA) is 182 Å². The summed E-state index contributed by atoms with van der Waals surface area (Å²) in [6.07, 6.45) is -1.60. The zero-order valence-electron chi connectivity index (χ0n) is 17.9. The second kappa shape index (κ2) is 7.52. The molecule has 0 spiro atoms. The molecule has 0 aromatic heterocycles. The number of nitrogens with two attached hydrogens (primary N) is 1. The van der Waals surface area contributed by atoms with Gasteiger partial charge in [0.15, 0.2) is 11.4 Å². The predicted molar refractivity (Wildman–Crippen MR) is 123 cm³/mol.